The molecule has 0 atom stereocenters. The number of benzene rings is 1. The van der Waals surface area contributed by atoms with Crippen molar-refractivity contribution in [3.05, 3.63) is 59.1 Å². The van der Waals surface area contributed by atoms with E-state index >= 15 is 0 Å². The maximum atomic E-state index is 12.8. The third-order valence-corrected chi connectivity index (χ3v) is 4.99. The molecule has 0 aliphatic carbocycles. The second-order valence-corrected chi connectivity index (χ2v) is 7.29. The van der Waals surface area contributed by atoms with Crippen LogP contribution in [-0.2, 0) is 10.0 Å². The SMILES string of the molecule is COc1cc(Cl)cc(NS(=O)(=O)c2cccn2-c2ccnc(Cl)n2)c1. The van der Waals surface area contributed by atoms with Gasteiger partial charge in [0, 0.05) is 23.5 Å². The van der Waals surface area contributed by atoms with E-state index in [1.165, 1.54) is 36.1 Å². The van der Waals surface area contributed by atoms with Gasteiger partial charge in [0.15, 0.2) is 5.03 Å². The minimum atomic E-state index is -3.91. The van der Waals surface area contributed by atoms with Crippen LogP contribution in [0.15, 0.2) is 53.8 Å². The van der Waals surface area contributed by atoms with Gasteiger partial charge in [-0.05, 0) is 41.9 Å². The van der Waals surface area contributed by atoms with Gasteiger partial charge in [0.2, 0.25) is 5.28 Å². The topological polar surface area (TPSA) is 86.1 Å². The van der Waals surface area contributed by atoms with Crippen molar-refractivity contribution in [2.24, 2.45) is 0 Å². The van der Waals surface area contributed by atoms with Gasteiger partial charge < -0.3 is 4.74 Å². The van der Waals surface area contributed by atoms with Gasteiger partial charge in [-0.25, -0.2) is 4.98 Å². The minimum Gasteiger partial charge on any atom is -0.497 e. The van der Waals surface area contributed by atoms with Gasteiger partial charge in [-0.15, -0.1) is 0 Å². The Labute approximate surface area is 154 Å². The number of anilines is 1. The number of nitrogens with one attached hydrogen (secondary N) is 1. The van der Waals surface area contributed by atoms with E-state index in [2.05, 4.69) is 14.7 Å². The summed E-state index contributed by atoms with van der Waals surface area (Å²) in [6, 6.07) is 9.16. The highest BCUT2D eigenvalue weighted by Gasteiger charge is 2.20. The van der Waals surface area contributed by atoms with E-state index < -0.39 is 10.0 Å². The first-order valence-corrected chi connectivity index (χ1v) is 9.16. The molecule has 0 aliphatic rings. The molecule has 7 nitrogen and oxygen atoms in total. The molecule has 0 spiro atoms. The van der Waals surface area contributed by atoms with Gasteiger partial charge in [0.1, 0.15) is 11.6 Å². The Kier molecular flexibility index (Phi) is 4.85. The summed E-state index contributed by atoms with van der Waals surface area (Å²) >= 11 is 11.8. The Morgan fingerprint density at radius 2 is 2.00 bits per heavy atom. The van der Waals surface area contributed by atoms with Crippen LogP contribution in [0.4, 0.5) is 5.69 Å². The lowest BCUT2D eigenvalue weighted by Gasteiger charge is -2.12. The number of halogens is 2. The van der Waals surface area contributed by atoms with Crippen molar-refractivity contribution in [2.75, 3.05) is 11.8 Å². The largest absolute Gasteiger partial charge is 0.497 e. The van der Waals surface area contributed by atoms with Gasteiger partial charge in [0.05, 0.1) is 12.8 Å². The minimum absolute atomic E-state index is 0.0128. The number of nitrogens with zero attached hydrogens (tertiary/aromatic N) is 3. The van der Waals surface area contributed by atoms with E-state index in [1.54, 1.807) is 24.4 Å². The van der Waals surface area contributed by atoms with Crippen molar-refractivity contribution < 1.29 is 13.2 Å². The van der Waals surface area contributed by atoms with Crippen LogP contribution in [-0.4, -0.2) is 30.1 Å². The first-order chi connectivity index (χ1) is 11.9. The molecule has 0 saturated heterocycles. The van der Waals surface area contributed by atoms with Crippen LogP contribution in [0.1, 0.15) is 0 Å². The van der Waals surface area contributed by atoms with Crippen LogP contribution in [0.25, 0.3) is 5.82 Å². The highest BCUT2D eigenvalue weighted by Crippen LogP contribution is 2.26. The molecule has 0 saturated carbocycles. The zero-order chi connectivity index (χ0) is 18.0. The zero-order valence-corrected chi connectivity index (χ0v) is 15.2. The van der Waals surface area contributed by atoms with E-state index in [0.29, 0.717) is 16.6 Å². The van der Waals surface area contributed by atoms with E-state index in [0.717, 1.165) is 0 Å². The van der Waals surface area contributed by atoms with Gasteiger partial charge in [0.25, 0.3) is 10.0 Å². The Balaban J connectivity index is 1.99. The monoisotopic (exact) mass is 398 g/mol. The average Bonchev–Trinajstić information content (AvgIpc) is 3.04. The number of sulfonamides is 1. The molecule has 2 heterocycles. The summed E-state index contributed by atoms with van der Waals surface area (Å²) in [6.45, 7) is 0. The molecule has 0 unspecified atom stereocenters. The molecular weight excluding hydrogens is 387 g/mol. The molecule has 3 rings (SSSR count). The molecule has 1 aromatic carbocycles. The third-order valence-electron chi connectivity index (χ3n) is 3.20. The Morgan fingerprint density at radius 1 is 1.20 bits per heavy atom. The molecule has 130 valence electrons. The molecular formula is C15H12Cl2N4O3S. The third kappa shape index (κ3) is 3.87. The zero-order valence-electron chi connectivity index (χ0n) is 12.8. The summed E-state index contributed by atoms with van der Waals surface area (Å²) in [5, 5.41) is 0.346. The Hall–Kier alpha value is -2.29. The van der Waals surface area contributed by atoms with Crippen molar-refractivity contribution in [1.29, 1.82) is 0 Å². The fraction of sp³-hybridized carbons (Fsp3) is 0.0667. The molecule has 25 heavy (non-hydrogen) atoms. The Bertz CT molecular complexity index is 1020. The quantitative estimate of drug-likeness (QED) is 0.665. The predicted octanol–water partition coefficient (Wildman–Crippen LogP) is 3.38. The van der Waals surface area contributed by atoms with Gasteiger partial charge >= 0.3 is 0 Å². The summed E-state index contributed by atoms with van der Waals surface area (Å²) in [6.07, 6.45) is 3.00. The second kappa shape index (κ2) is 6.91. The van der Waals surface area contributed by atoms with E-state index in [1.807, 2.05) is 0 Å². The molecule has 0 radical (unpaired) electrons. The van der Waals surface area contributed by atoms with Gasteiger partial charge in [-0.2, -0.15) is 13.4 Å². The van der Waals surface area contributed by atoms with Crippen LogP contribution < -0.4 is 9.46 Å². The van der Waals surface area contributed by atoms with Crippen LogP contribution in [0.5, 0.6) is 5.75 Å². The summed E-state index contributed by atoms with van der Waals surface area (Å²) < 4.78 is 34.5. The van der Waals surface area contributed by atoms with Crippen molar-refractivity contribution in [1.82, 2.24) is 14.5 Å². The van der Waals surface area contributed by atoms with E-state index in [-0.39, 0.29) is 16.0 Å². The normalized spacial score (nSPS) is 11.3. The smallest absolute Gasteiger partial charge is 0.277 e. The molecule has 3 aromatic rings. The first kappa shape index (κ1) is 17.5. The average molecular weight is 399 g/mol. The molecule has 0 bridgehead atoms. The fourth-order valence-corrected chi connectivity index (χ4v) is 3.75. The van der Waals surface area contributed by atoms with Crippen molar-refractivity contribution in [2.45, 2.75) is 5.03 Å². The number of methoxy groups -OCH3 is 1. The van der Waals surface area contributed by atoms with Crippen LogP contribution in [0.2, 0.25) is 10.3 Å². The van der Waals surface area contributed by atoms with Crippen LogP contribution >= 0.6 is 23.2 Å². The van der Waals surface area contributed by atoms with E-state index in [4.69, 9.17) is 27.9 Å². The van der Waals surface area contributed by atoms with Crippen LogP contribution in [0, 0.1) is 0 Å². The highest BCUT2D eigenvalue weighted by atomic mass is 35.5. The van der Waals surface area contributed by atoms with Gasteiger partial charge in [-0.1, -0.05) is 11.6 Å². The molecule has 2 aromatic heterocycles. The lowest BCUT2D eigenvalue weighted by atomic mass is 10.3. The fourth-order valence-electron chi connectivity index (χ4n) is 2.18. The maximum Gasteiger partial charge on any atom is 0.277 e. The van der Waals surface area contributed by atoms with Gasteiger partial charge in [-0.3, -0.25) is 9.29 Å². The lowest BCUT2D eigenvalue weighted by Crippen LogP contribution is -2.17. The number of hydrogen-bond donors (Lipinski definition) is 1. The molecule has 0 amide bonds. The summed E-state index contributed by atoms with van der Waals surface area (Å²) in [4.78, 5) is 7.81. The molecule has 0 fully saturated rings. The maximum absolute atomic E-state index is 12.8. The first-order valence-electron chi connectivity index (χ1n) is 6.93. The predicted molar refractivity (Wildman–Crippen MR) is 95.2 cm³/mol. The molecule has 10 heteroatoms. The lowest BCUT2D eigenvalue weighted by molar-refractivity contribution is 0.415. The summed E-state index contributed by atoms with van der Waals surface area (Å²) in [5.74, 6) is 0.761. The van der Waals surface area contributed by atoms with Crippen LogP contribution in [0.3, 0.4) is 0 Å². The molecule has 0 aliphatic heterocycles. The summed E-state index contributed by atoms with van der Waals surface area (Å²) in [5.41, 5.74) is 0.276. The number of ether oxygens (including phenoxy) is 1. The number of hydrogen-bond acceptors (Lipinski definition) is 5. The van der Waals surface area contributed by atoms with Crippen molar-refractivity contribution in [3.63, 3.8) is 0 Å². The number of aromatic nitrogens is 3. The standard InChI is InChI=1S/C15H12Cl2N4O3S/c1-24-12-8-10(16)7-11(9-12)20-25(22,23)14-3-2-6-21(14)13-4-5-18-15(17)19-13/h2-9,20H,1H3. The van der Waals surface area contributed by atoms with Crippen molar-refractivity contribution >= 4 is 38.9 Å². The summed E-state index contributed by atoms with van der Waals surface area (Å²) in [7, 11) is -2.44. The van der Waals surface area contributed by atoms with E-state index in [9.17, 15) is 8.42 Å². The molecule has 1 N–H and O–H groups in total. The highest BCUT2D eigenvalue weighted by molar-refractivity contribution is 7.92. The second-order valence-electron chi connectivity index (χ2n) is 4.89. The van der Waals surface area contributed by atoms with Crippen molar-refractivity contribution in [3.8, 4) is 11.6 Å². The number of rotatable bonds is 5. The Morgan fingerprint density at radius 3 is 2.72 bits per heavy atom.